The van der Waals surface area contributed by atoms with Crippen LogP contribution in [0.3, 0.4) is 0 Å². The highest BCUT2D eigenvalue weighted by Crippen LogP contribution is 2.35. The molecule has 0 aliphatic heterocycles. The normalized spacial score (nSPS) is 12.4. The first-order valence-corrected chi connectivity index (χ1v) is 7.51. The Hall–Kier alpha value is -2.66. The summed E-state index contributed by atoms with van der Waals surface area (Å²) in [5.41, 5.74) is 3.11. The number of nitro groups is 1. The highest BCUT2D eigenvalue weighted by Gasteiger charge is 2.20. The van der Waals surface area contributed by atoms with Crippen LogP contribution in [0, 0.1) is 10.1 Å². The maximum absolute atomic E-state index is 11.0. The van der Waals surface area contributed by atoms with Gasteiger partial charge >= 0.3 is 0 Å². The van der Waals surface area contributed by atoms with E-state index >= 15 is 0 Å². The van der Waals surface area contributed by atoms with Crippen LogP contribution in [0.25, 0.3) is 10.9 Å². The fourth-order valence-electron chi connectivity index (χ4n) is 3.14. The molecule has 0 radical (unpaired) electrons. The average molecular weight is 310 g/mol. The zero-order chi connectivity index (χ0) is 16.4. The first-order chi connectivity index (χ1) is 11.1. The predicted molar refractivity (Wildman–Crippen MR) is 89.6 cm³/mol. The SMILES string of the molecule is Cn1cc([C@H](CCO)c2cccc([N+](=O)[O-])c2)c2ccccc21. The maximum Gasteiger partial charge on any atom is 0.269 e. The Kier molecular flexibility index (Phi) is 4.12. The van der Waals surface area contributed by atoms with Crippen LogP contribution < -0.4 is 0 Å². The minimum atomic E-state index is -0.386. The number of rotatable bonds is 5. The zero-order valence-corrected chi connectivity index (χ0v) is 12.8. The third kappa shape index (κ3) is 2.83. The Bertz CT molecular complexity index is 854. The minimum absolute atomic E-state index is 0.0244. The number of aromatic nitrogens is 1. The van der Waals surface area contributed by atoms with E-state index in [4.69, 9.17) is 0 Å². The van der Waals surface area contributed by atoms with Crippen molar-refractivity contribution in [3.8, 4) is 0 Å². The first kappa shape index (κ1) is 15.2. The summed E-state index contributed by atoms with van der Waals surface area (Å²) >= 11 is 0. The summed E-state index contributed by atoms with van der Waals surface area (Å²) in [4.78, 5) is 10.7. The first-order valence-electron chi connectivity index (χ1n) is 7.51. The molecule has 0 spiro atoms. The Morgan fingerprint density at radius 3 is 2.74 bits per heavy atom. The molecule has 0 aliphatic carbocycles. The smallest absolute Gasteiger partial charge is 0.269 e. The molecule has 1 aromatic heterocycles. The fraction of sp³-hybridized carbons (Fsp3) is 0.222. The lowest BCUT2D eigenvalue weighted by molar-refractivity contribution is -0.384. The average Bonchev–Trinajstić information content (AvgIpc) is 2.90. The summed E-state index contributed by atoms with van der Waals surface area (Å²) in [7, 11) is 1.98. The van der Waals surface area contributed by atoms with Gasteiger partial charge in [-0.15, -0.1) is 0 Å². The van der Waals surface area contributed by atoms with Crippen molar-refractivity contribution in [1.82, 2.24) is 4.57 Å². The molecule has 0 bridgehead atoms. The van der Waals surface area contributed by atoms with Gasteiger partial charge in [-0.1, -0.05) is 30.3 Å². The van der Waals surface area contributed by atoms with Gasteiger partial charge in [0.15, 0.2) is 0 Å². The molecule has 118 valence electrons. The van der Waals surface area contributed by atoms with Gasteiger partial charge in [0.05, 0.1) is 4.92 Å². The van der Waals surface area contributed by atoms with E-state index in [1.807, 2.05) is 48.1 Å². The van der Waals surface area contributed by atoms with Gasteiger partial charge in [0.25, 0.3) is 5.69 Å². The van der Waals surface area contributed by atoms with Crippen molar-refractivity contribution in [2.45, 2.75) is 12.3 Å². The lowest BCUT2D eigenvalue weighted by atomic mass is 9.88. The van der Waals surface area contributed by atoms with E-state index in [-0.39, 0.29) is 23.1 Å². The summed E-state index contributed by atoms with van der Waals surface area (Å²) in [5, 5.41) is 21.6. The van der Waals surface area contributed by atoms with Gasteiger partial charge in [-0.2, -0.15) is 0 Å². The number of nitro benzene ring substituents is 1. The van der Waals surface area contributed by atoms with Crippen molar-refractivity contribution < 1.29 is 10.0 Å². The van der Waals surface area contributed by atoms with Crippen LogP contribution >= 0.6 is 0 Å². The second-order valence-electron chi connectivity index (χ2n) is 5.63. The zero-order valence-electron chi connectivity index (χ0n) is 12.8. The monoisotopic (exact) mass is 310 g/mol. The molecular formula is C18H18N2O3. The minimum Gasteiger partial charge on any atom is -0.396 e. The van der Waals surface area contributed by atoms with E-state index in [9.17, 15) is 15.2 Å². The van der Waals surface area contributed by atoms with Crippen LogP contribution in [0.4, 0.5) is 5.69 Å². The van der Waals surface area contributed by atoms with E-state index in [1.165, 1.54) is 6.07 Å². The van der Waals surface area contributed by atoms with E-state index < -0.39 is 0 Å². The Balaban J connectivity index is 2.14. The number of aryl methyl sites for hydroxylation is 1. The third-order valence-corrected chi connectivity index (χ3v) is 4.20. The van der Waals surface area contributed by atoms with Gasteiger partial charge in [-0.25, -0.2) is 0 Å². The Labute approximate surface area is 133 Å². The number of hydrogen-bond acceptors (Lipinski definition) is 3. The number of hydrogen-bond donors (Lipinski definition) is 1. The van der Waals surface area contributed by atoms with Gasteiger partial charge in [-0.05, 0) is 23.6 Å². The van der Waals surface area contributed by atoms with Crippen LogP contribution in [0.5, 0.6) is 0 Å². The summed E-state index contributed by atoms with van der Waals surface area (Å²) < 4.78 is 2.05. The number of fused-ring (bicyclic) bond motifs is 1. The molecule has 1 atom stereocenters. The van der Waals surface area contributed by atoms with Gasteiger partial charge in [0.1, 0.15) is 0 Å². The molecule has 2 aromatic carbocycles. The summed E-state index contributed by atoms with van der Waals surface area (Å²) in [6.07, 6.45) is 2.57. The summed E-state index contributed by atoms with van der Waals surface area (Å²) in [5.74, 6) is -0.0778. The molecule has 0 saturated carbocycles. The molecule has 0 aliphatic rings. The maximum atomic E-state index is 11.0. The van der Waals surface area contributed by atoms with Crippen molar-refractivity contribution in [3.05, 3.63) is 76.0 Å². The van der Waals surface area contributed by atoms with Crippen molar-refractivity contribution in [2.24, 2.45) is 7.05 Å². The number of aliphatic hydroxyl groups excluding tert-OH is 1. The second kappa shape index (κ2) is 6.22. The molecule has 1 heterocycles. The van der Waals surface area contributed by atoms with Crippen LogP contribution in [-0.2, 0) is 7.05 Å². The van der Waals surface area contributed by atoms with Crippen LogP contribution in [0.1, 0.15) is 23.5 Å². The van der Waals surface area contributed by atoms with Crippen molar-refractivity contribution in [2.75, 3.05) is 6.61 Å². The number of nitrogens with zero attached hydrogens (tertiary/aromatic N) is 2. The highest BCUT2D eigenvalue weighted by atomic mass is 16.6. The quantitative estimate of drug-likeness (QED) is 0.578. The molecule has 3 rings (SSSR count). The van der Waals surface area contributed by atoms with Crippen LogP contribution in [0.15, 0.2) is 54.7 Å². The highest BCUT2D eigenvalue weighted by molar-refractivity contribution is 5.85. The van der Waals surface area contributed by atoms with Crippen LogP contribution in [-0.4, -0.2) is 21.2 Å². The van der Waals surface area contributed by atoms with Gasteiger partial charge in [0.2, 0.25) is 0 Å². The Morgan fingerprint density at radius 2 is 2.00 bits per heavy atom. The molecule has 1 N–H and O–H groups in total. The number of para-hydroxylation sites is 1. The number of benzene rings is 2. The van der Waals surface area contributed by atoms with Crippen molar-refractivity contribution in [1.29, 1.82) is 0 Å². The molecule has 0 saturated heterocycles. The molecule has 5 heteroatoms. The van der Waals surface area contributed by atoms with E-state index in [1.54, 1.807) is 12.1 Å². The summed E-state index contributed by atoms with van der Waals surface area (Å²) in [6, 6.07) is 14.7. The molecule has 0 amide bonds. The predicted octanol–water partition coefficient (Wildman–Crippen LogP) is 3.60. The molecule has 3 aromatic rings. The summed E-state index contributed by atoms with van der Waals surface area (Å²) in [6.45, 7) is 0.0244. The lowest BCUT2D eigenvalue weighted by Gasteiger charge is -2.16. The number of non-ortho nitro benzene ring substituents is 1. The molecular weight excluding hydrogens is 292 g/mol. The second-order valence-corrected chi connectivity index (χ2v) is 5.63. The van der Waals surface area contributed by atoms with Crippen molar-refractivity contribution >= 4 is 16.6 Å². The van der Waals surface area contributed by atoms with Gasteiger partial charge in [0, 0.05) is 48.8 Å². The standard InChI is InChI=1S/C18H18N2O3/c1-19-12-17(16-7-2-3-8-18(16)19)15(9-10-21)13-5-4-6-14(11-13)20(22)23/h2-8,11-12,15,21H,9-10H2,1H3/t15-/m1/s1. The van der Waals surface area contributed by atoms with E-state index in [2.05, 4.69) is 0 Å². The molecule has 0 unspecified atom stereocenters. The molecule has 23 heavy (non-hydrogen) atoms. The van der Waals surface area contributed by atoms with Crippen LogP contribution in [0.2, 0.25) is 0 Å². The Morgan fingerprint density at radius 1 is 1.22 bits per heavy atom. The fourth-order valence-corrected chi connectivity index (χ4v) is 3.14. The van der Waals surface area contributed by atoms with Gasteiger partial charge in [-0.3, -0.25) is 10.1 Å². The third-order valence-electron chi connectivity index (χ3n) is 4.20. The van der Waals surface area contributed by atoms with E-state index in [0.29, 0.717) is 6.42 Å². The largest absolute Gasteiger partial charge is 0.396 e. The number of aliphatic hydroxyl groups is 1. The van der Waals surface area contributed by atoms with Gasteiger partial charge < -0.3 is 9.67 Å². The molecule has 5 nitrogen and oxygen atoms in total. The molecule has 0 fully saturated rings. The van der Waals surface area contributed by atoms with Crippen molar-refractivity contribution in [3.63, 3.8) is 0 Å². The topological polar surface area (TPSA) is 68.3 Å². The lowest BCUT2D eigenvalue weighted by Crippen LogP contribution is -2.04. The van der Waals surface area contributed by atoms with E-state index in [0.717, 1.165) is 22.0 Å².